The highest BCUT2D eigenvalue weighted by Gasteiger charge is 2.25. The van der Waals surface area contributed by atoms with Gasteiger partial charge in [-0.3, -0.25) is 0 Å². The lowest BCUT2D eigenvalue weighted by Gasteiger charge is -2.26. The molecular formula is C16H28Cl2N4O3S. The van der Waals surface area contributed by atoms with Crippen molar-refractivity contribution < 1.29 is 13.2 Å². The third-order valence-corrected chi connectivity index (χ3v) is 4.74. The SMILES string of the molecule is CCCCC(NS(C)(=O)=O)C(N)c1ccc2c(c1)N=C(N)C(C)O2.Cl.Cl. The lowest BCUT2D eigenvalue weighted by Crippen LogP contribution is -2.42. The van der Waals surface area contributed by atoms with Gasteiger partial charge < -0.3 is 16.2 Å². The van der Waals surface area contributed by atoms with Crippen LogP contribution in [0.3, 0.4) is 0 Å². The Morgan fingerprint density at radius 2 is 2.00 bits per heavy atom. The number of hydrogen-bond acceptors (Lipinski definition) is 6. The number of amidine groups is 1. The molecule has 0 aromatic heterocycles. The van der Waals surface area contributed by atoms with Gasteiger partial charge in [-0.2, -0.15) is 0 Å². The van der Waals surface area contributed by atoms with E-state index >= 15 is 0 Å². The molecule has 10 heteroatoms. The Morgan fingerprint density at radius 1 is 1.35 bits per heavy atom. The average Bonchev–Trinajstić information content (AvgIpc) is 2.50. The molecular weight excluding hydrogens is 399 g/mol. The molecule has 0 saturated carbocycles. The van der Waals surface area contributed by atoms with Crippen LogP contribution in [0.4, 0.5) is 5.69 Å². The number of unbranched alkanes of at least 4 members (excludes halogenated alkanes) is 1. The molecule has 0 amide bonds. The Labute approximate surface area is 167 Å². The summed E-state index contributed by atoms with van der Waals surface area (Å²) in [5.74, 6) is 1.05. The van der Waals surface area contributed by atoms with Crippen molar-refractivity contribution in [3.63, 3.8) is 0 Å². The number of sulfonamides is 1. The Kier molecular flexibility index (Phi) is 9.90. The quantitative estimate of drug-likeness (QED) is 0.617. The van der Waals surface area contributed by atoms with Crippen LogP contribution in [0.5, 0.6) is 5.75 Å². The molecule has 0 spiro atoms. The van der Waals surface area contributed by atoms with Gasteiger partial charge in [0.1, 0.15) is 17.3 Å². The molecule has 0 bridgehead atoms. The van der Waals surface area contributed by atoms with Gasteiger partial charge in [0.15, 0.2) is 6.10 Å². The standard InChI is InChI=1S/C16H26N4O3S.2ClH/c1-4-5-6-12(20-24(3,21)22)15(17)11-7-8-14-13(9-11)19-16(18)10(2)23-14;;/h7-10,12,15,20H,4-6,17H2,1-3H3,(H2,18,19);2*1H. The summed E-state index contributed by atoms with van der Waals surface area (Å²) in [6.07, 6.45) is 3.40. The number of nitrogens with one attached hydrogen (secondary N) is 1. The number of nitrogens with two attached hydrogens (primary N) is 2. The average molecular weight is 427 g/mol. The van der Waals surface area contributed by atoms with E-state index in [-0.39, 0.29) is 37.0 Å². The first-order valence-corrected chi connectivity index (χ1v) is 9.98. The van der Waals surface area contributed by atoms with E-state index in [1.165, 1.54) is 0 Å². The summed E-state index contributed by atoms with van der Waals surface area (Å²) in [5.41, 5.74) is 13.6. The minimum absolute atomic E-state index is 0. The van der Waals surface area contributed by atoms with Crippen molar-refractivity contribution >= 4 is 46.4 Å². The molecule has 7 nitrogen and oxygen atoms in total. The molecule has 1 heterocycles. The van der Waals surface area contributed by atoms with Crippen LogP contribution >= 0.6 is 24.8 Å². The van der Waals surface area contributed by atoms with Crippen LogP contribution in [-0.4, -0.2) is 32.7 Å². The highest BCUT2D eigenvalue weighted by molar-refractivity contribution is 7.88. The fourth-order valence-electron chi connectivity index (χ4n) is 2.65. The van der Waals surface area contributed by atoms with Crippen molar-refractivity contribution in [1.29, 1.82) is 0 Å². The maximum absolute atomic E-state index is 11.6. The van der Waals surface area contributed by atoms with E-state index < -0.39 is 16.1 Å². The zero-order valence-corrected chi connectivity index (χ0v) is 17.6. The van der Waals surface area contributed by atoms with Crippen LogP contribution < -0.4 is 20.9 Å². The summed E-state index contributed by atoms with van der Waals surface area (Å²) in [6.45, 7) is 3.89. The van der Waals surface area contributed by atoms with Gasteiger partial charge in [0.2, 0.25) is 10.0 Å². The van der Waals surface area contributed by atoms with E-state index in [2.05, 4.69) is 16.6 Å². The number of halogens is 2. The Bertz CT molecular complexity index is 728. The Balaban J connectivity index is 0.00000312. The molecule has 2 rings (SSSR count). The molecule has 150 valence electrons. The van der Waals surface area contributed by atoms with E-state index in [4.69, 9.17) is 16.2 Å². The fourth-order valence-corrected chi connectivity index (χ4v) is 3.47. The number of ether oxygens (including phenoxy) is 1. The fraction of sp³-hybridized carbons (Fsp3) is 0.562. The number of hydrogen-bond donors (Lipinski definition) is 3. The molecule has 3 atom stereocenters. The second kappa shape index (κ2) is 10.3. The van der Waals surface area contributed by atoms with Gasteiger partial charge in [-0.05, 0) is 31.0 Å². The molecule has 0 saturated heterocycles. The third kappa shape index (κ3) is 6.59. The Morgan fingerprint density at radius 3 is 2.58 bits per heavy atom. The summed E-state index contributed by atoms with van der Waals surface area (Å²) in [6, 6.07) is 4.60. The van der Waals surface area contributed by atoms with Crippen molar-refractivity contribution in [1.82, 2.24) is 4.72 Å². The summed E-state index contributed by atoms with van der Waals surface area (Å²) in [5, 5.41) is 0. The predicted octanol–water partition coefficient (Wildman–Crippen LogP) is 2.41. The maximum atomic E-state index is 11.6. The van der Waals surface area contributed by atoms with Gasteiger partial charge in [-0.1, -0.05) is 25.8 Å². The van der Waals surface area contributed by atoms with Crippen LogP contribution in [0.25, 0.3) is 0 Å². The number of fused-ring (bicyclic) bond motifs is 1. The van der Waals surface area contributed by atoms with Gasteiger partial charge in [0.05, 0.1) is 6.26 Å². The van der Waals surface area contributed by atoms with E-state index in [9.17, 15) is 8.42 Å². The van der Waals surface area contributed by atoms with Gasteiger partial charge in [-0.25, -0.2) is 18.1 Å². The van der Waals surface area contributed by atoms with Crippen LogP contribution in [0.1, 0.15) is 44.7 Å². The minimum atomic E-state index is -3.34. The lowest BCUT2D eigenvalue weighted by atomic mass is 9.96. The molecule has 0 fully saturated rings. The molecule has 1 aromatic rings. The second-order valence-corrected chi connectivity index (χ2v) is 7.97. The summed E-state index contributed by atoms with van der Waals surface area (Å²) in [7, 11) is -3.34. The number of aliphatic imine (C=N–C) groups is 1. The first kappa shape index (κ1) is 24.9. The first-order valence-electron chi connectivity index (χ1n) is 8.08. The highest BCUT2D eigenvalue weighted by atomic mass is 35.5. The minimum Gasteiger partial charge on any atom is -0.481 e. The van der Waals surface area contributed by atoms with E-state index in [1.807, 2.05) is 19.1 Å². The molecule has 26 heavy (non-hydrogen) atoms. The monoisotopic (exact) mass is 426 g/mol. The van der Waals surface area contributed by atoms with Crippen molar-refractivity contribution in [2.75, 3.05) is 6.26 Å². The van der Waals surface area contributed by atoms with Crippen LogP contribution in [0.2, 0.25) is 0 Å². The lowest BCUT2D eigenvalue weighted by molar-refractivity contribution is 0.281. The van der Waals surface area contributed by atoms with Crippen LogP contribution in [-0.2, 0) is 10.0 Å². The smallest absolute Gasteiger partial charge is 0.209 e. The first-order chi connectivity index (χ1) is 11.2. The van der Waals surface area contributed by atoms with E-state index in [1.54, 1.807) is 6.07 Å². The van der Waals surface area contributed by atoms with E-state index in [0.29, 0.717) is 23.7 Å². The number of benzene rings is 1. The zero-order chi connectivity index (χ0) is 17.9. The molecule has 0 aliphatic carbocycles. The molecule has 0 radical (unpaired) electrons. The van der Waals surface area contributed by atoms with Gasteiger partial charge >= 0.3 is 0 Å². The second-order valence-electron chi connectivity index (χ2n) is 6.19. The van der Waals surface area contributed by atoms with E-state index in [0.717, 1.165) is 24.7 Å². The summed E-state index contributed by atoms with van der Waals surface area (Å²) >= 11 is 0. The van der Waals surface area contributed by atoms with Crippen molar-refractivity contribution in [2.24, 2.45) is 16.5 Å². The molecule has 1 aliphatic rings. The van der Waals surface area contributed by atoms with Crippen molar-refractivity contribution in [3.8, 4) is 5.75 Å². The molecule has 1 aromatic carbocycles. The molecule has 1 aliphatic heterocycles. The number of nitrogens with zero attached hydrogens (tertiary/aromatic N) is 1. The Hall–Kier alpha value is -1.06. The third-order valence-electron chi connectivity index (χ3n) is 4.01. The summed E-state index contributed by atoms with van der Waals surface area (Å²) in [4.78, 5) is 4.34. The zero-order valence-electron chi connectivity index (χ0n) is 15.1. The van der Waals surface area contributed by atoms with Gasteiger partial charge in [0, 0.05) is 12.1 Å². The predicted molar refractivity (Wildman–Crippen MR) is 111 cm³/mol. The largest absolute Gasteiger partial charge is 0.481 e. The van der Waals surface area contributed by atoms with Crippen molar-refractivity contribution in [2.45, 2.75) is 51.3 Å². The molecule has 3 unspecified atom stereocenters. The molecule has 5 N–H and O–H groups in total. The summed E-state index contributed by atoms with van der Waals surface area (Å²) < 4.78 is 31.6. The number of rotatable bonds is 7. The normalized spacial score (nSPS) is 18.3. The van der Waals surface area contributed by atoms with Crippen LogP contribution in [0.15, 0.2) is 23.2 Å². The highest BCUT2D eigenvalue weighted by Crippen LogP contribution is 2.34. The topological polar surface area (TPSA) is 120 Å². The van der Waals surface area contributed by atoms with Gasteiger partial charge in [0.25, 0.3) is 0 Å². The van der Waals surface area contributed by atoms with Crippen molar-refractivity contribution in [3.05, 3.63) is 23.8 Å². The van der Waals surface area contributed by atoms with Gasteiger partial charge in [-0.15, -0.1) is 24.8 Å². The maximum Gasteiger partial charge on any atom is 0.209 e. The van der Waals surface area contributed by atoms with Crippen LogP contribution in [0, 0.1) is 0 Å².